The summed E-state index contributed by atoms with van der Waals surface area (Å²) in [5.41, 5.74) is -1.16. The van der Waals surface area contributed by atoms with Gasteiger partial charge in [-0.15, -0.1) is 6.58 Å². The number of hydrogen-bond acceptors (Lipinski definition) is 4. The summed E-state index contributed by atoms with van der Waals surface area (Å²) in [6, 6.07) is 0. The zero-order chi connectivity index (χ0) is 11.5. The Morgan fingerprint density at radius 3 is 2.87 bits per heavy atom. The molecule has 0 aromatic rings. The fourth-order valence-corrected chi connectivity index (χ4v) is 1.84. The molecule has 0 spiro atoms. The average Bonchev–Trinajstić information content (AvgIpc) is 2.43. The van der Waals surface area contributed by atoms with Gasteiger partial charge in [-0.2, -0.15) is 0 Å². The maximum atomic E-state index is 11.7. The molecule has 0 amide bonds. The van der Waals surface area contributed by atoms with E-state index in [9.17, 15) is 9.59 Å². The van der Waals surface area contributed by atoms with Crippen LogP contribution in [0.15, 0.2) is 12.7 Å². The fourth-order valence-electron chi connectivity index (χ4n) is 1.84. The van der Waals surface area contributed by atoms with Crippen LogP contribution < -0.4 is 0 Å². The Kier molecular flexibility index (Phi) is 3.50. The van der Waals surface area contributed by atoms with Crippen molar-refractivity contribution in [2.75, 3.05) is 6.61 Å². The van der Waals surface area contributed by atoms with Crippen molar-refractivity contribution in [1.82, 2.24) is 0 Å². The van der Waals surface area contributed by atoms with Crippen molar-refractivity contribution in [3.63, 3.8) is 0 Å². The monoisotopic (exact) mass is 212 g/mol. The number of cyclic esters (lactones) is 1. The molecule has 2 atom stereocenters. The lowest BCUT2D eigenvalue weighted by molar-refractivity contribution is -0.164. The number of ether oxygens (including phenoxy) is 2. The van der Waals surface area contributed by atoms with Crippen molar-refractivity contribution >= 4 is 11.9 Å². The topological polar surface area (TPSA) is 52.6 Å². The molecule has 84 valence electrons. The van der Waals surface area contributed by atoms with Crippen LogP contribution in [-0.2, 0) is 19.1 Å². The Morgan fingerprint density at radius 1 is 1.80 bits per heavy atom. The highest BCUT2D eigenvalue weighted by Crippen LogP contribution is 2.38. The molecule has 1 saturated heterocycles. The van der Waals surface area contributed by atoms with Gasteiger partial charge >= 0.3 is 11.9 Å². The molecular formula is C11H16O4. The van der Waals surface area contributed by atoms with E-state index in [2.05, 4.69) is 6.58 Å². The third kappa shape index (κ3) is 2.03. The molecule has 0 bridgehead atoms. The standard InChI is InChI=1S/C11H16O4/c1-4-6-11(9(12)14-5-2)7-8(3)15-10(11)13/h4,8H,1,5-7H2,2-3H3. The largest absolute Gasteiger partial charge is 0.465 e. The van der Waals surface area contributed by atoms with Gasteiger partial charge in [0.1, 0.15) is 6.10 Å². The Hall–Kier alpha value is -1.32. The minimum absolute atomic E-state index is 0.234. The van der Waals surface area contributed by atoms with Crippen LogP contribution in [0.2, 0.25) is 0 Å². The maximum Gasteiger partial charge on any atom is 0.324 e. The molecule has 4 nitrogen and oxygen atoms in total. The van der Waals surface area contributed by atoms with Crippen molar-refractivity contribution in [3.05, 3.63) is 12.7 Å². The van der Waals surface area contributed by atoms with Crippen molar-refractivity contribution in [1.29, 1.82) is 0 Å². The highest BCUT2D eigenvalue weighted by molar-refractivity contribution is 6.01. The van der Waals surface area contributed by atoms with Crippen LogP contribution >= 0.6 is 0 Å². The van der Waals surface area contributed by atoms with Gasteiger partial charge in [0.2, 0.25) is 0 Å². The summed E-state index contributed by atoms with van der Waals surface area (Å²) in [5, 5.41) is 0. The van der Waals surface area contributed by atoms with Crippen molar-refractivity contribution in [2.24, 2.45) is 5.41 Å². The van der Waals surface area contributed by atoms with E-state index in [-0.39, 0.29) is 19.1 Å². The van der Waals surface area contributed by atoms with Gasteiger partial charge in [0.25, 0.3) is 0 Å². The third-order valence-corrected chi connectivity index (χ3v) is 2.49. The van der Waals surface area contributed by atoms with E-state index in [0.29, 0.717) is 6.42 Å². The lowest BCUT2D eigenvalue weighted by Crippen LogP contribution is -2.37. The smallest absolute Gasteiger partial charge is 0.324 e. The second kappa shape index (κ2) is 4.47. The second-order valence-corrected chi connectivity index (χ2v) is 3.72. The summed E-state index contributed by atoms with van der Waals surface area (Å²) in [5.74, 6) is -0.993. The van der Waals surface area contributed by atoms with Gasteiger partial charge in [-0.25, -0.2) is 0 Å². The average molecular weight is 212 g/mol. The molecule has 15 heavy (non-hydrogen) atoms. The van der Waals surface area contributed by atoms with Gasteiger partial charge in [0.05, 0.1) is 6.61 Å². The van der Waals surface area contributed by atoms with Gasteiger partial charge in [0.15, 0.2) is 5.41 Å². The Morgan fingerprint density at radius 2 is 2.47 bits per heavy atom. The van der Waals surface area contributed by atoms with Gasteiger partial charge in [-0.3, -0.25) is 9.59 Å². The van der Waals surface area contributed by atoms with Gasteiger partial charge in [0, 0.05) is 6.42 Å². The Labute approximate surface area is 89.2 Å². The van der Waals surface area contributed by atoms with Gasteiger partial charge < -0.3 is 9.47 Å². The van der Waals surface area contributed by atoms with E-state index < -0.39 is 17.4 Å². The van der Waals surface area contributed by atoms with Crippen molar-refractivity contribution < 1.29 is 19.1 Å². The van der Waals surface area contributed by atoms with E-state index >= 15 is 0 Å². The van der Waals surface area contributed by atoms with Crippen LogP contribution in [0.3, 0.4) is 0 Å². The van der Waals surface area contributed by atoms with Crippen LogP contribution in [0.25, 0.3) is 0 Å². The van der Waals surface area contributed by atoms with Crippen LogP contribution in [-0.4, -0.2) is 24.6 Å². The van der Waals surface area contributed by atoms with Gasteiger partial charge in [-0.1, -0.05) is 6.08 Å². The first-order chi connectivity index (χ1) is 7.06. The molecule has 1 aliphatic rings. The first-order valence-electron chi connectivity index (χ1n) is 5.06. The predicted molar refractivity (Wildman–Crippen MR) is 54.1 cm³/mol. The number of allylic oxidation sites excluding steroid dienone is 1. The minimum Gasteiger partial charge on any atom is -0.465 e. The SMILES string of the molecule is C=CCC1(C(=O)OCC)CC(C)OC1=O. The summed E-state index contributed by atoms with van der Waals surface area (Å²) in [7, 11) is 0. The zero-order valence-corrected chi connectivity index (χ0v) is 9.12. The lowest BCUT2D eigenvalue weighted by Gasteiger charge is -2.20. The molecule has 0 aromatic carbocycles. The quantitative estimate of drug-likeness (QED) is 0.402. The summed E-state index contributed by atoms with van der Waals surface area (Å²) in [6.07, 6.45) is 1.96. The molecule has 0 aromatic heterocycles. The van der Waals surface area contributed by atoms with Crippen LogP contribution in [0.5, 0.6) is 0 Å². The van der Waals surface area contributed by atoms with E-state index in [1.54, 1.807) is 19.9 Å². The van der Waals surface area contributed by atoms with Crippen LogP contribution in [0, 0.1) is 5.41 Å². The Balaban J connectivity index is 2.92. The maximum absolute atomic E-state index is 11.7. The molecule has 1 fully saturated rings. The summed E-state index contributed by atoms with van der Waals surface area (Å²) >= 11 is 0. The zero-order valence-electron chi connectivity index (χ0n) is 9.12. The number of rotatable bonds is 4. The third-order valence-electron chi connectivity index (χ3n) is 2.49. The summed E-state index contributed by atoms with van der Waals surface area (Å²) in [6.45, 7) is 7.30. The summed E-state index contributed by atoms with van der Waals surface area (Å²) in [4.78, 5) is 23.4. The highest BCUT2D eigenvalue weighted by atomic mass is 16.6. The van der Waals surface area contributed by atoms with E-state index in [4.69, 9.17) is 9.47 Å². The molecule has 1 rings (SSSR count). The Bertz CT molecular complexity index is 284. The normalized spacial score (nSPS) is 29.7. The van der Waals surface area contributed by atoms with Crippen LogP contribution in [0.4, 0.5) is 0 Å². The van der Waals surface area contributed by atoms with Crippen molar-refractivity contribution in [2.45, 2.75) is 32.8 Å². The predicted octanol–water partition coefficient (Wildman–Crippen LogP) is 1.45. The number of hydrogen-bond donors (Lipinski definition) is 0. The van der Waals surface area contributed by atoms with Crippen LogP contribution in [0.1, 0.15) is 26.7 Å². The fraction of sp³-hybridized carbons (Fsp3) is 0.636. The molecule has 4 heteroatoms. The first-order valence-corrected chi connectivity index (χ1v) is 5.06. The molecular weight excluding hydrogens is 196 g/mol. The first kappa shape index (κ1) is 11.8. The number of esters is 2. The minimum atomic E-state index is -1.16. The molecule has 0 aliphatic carbocycles. The van der Waals surface area contributed by atoms with E-state index in [1.165, 1.54) is 0 Å². The highest BCUT2D eigenvalue weighted by Gasteiger charge is 2.54. The molecule has 2 unspecified atom stereocenters. The number of carbonyl (C=O) groups excluding carboxylic acids is 2. The van der Waals surface area contributed by atoms with E-state index in [1.807, 2.05) is 0 Å². The lowest BCUT2D eigenvalue weighted by atomic mass is 9.81. The molecule has 1 heterocycles. The number of carbonyl (C=O) groups is 2. The molecule has 0 radical (unpaired) electrons. The second-order valence-electron chi connectivity index (χ2n) is 3.72. The summed E-state index contributed by atoms with van der Waals surface area (Å²) < 4.78 is 9.92. The van der Waals surface area contributed by atoms with Crippen molar-refractivity contribution in [3.8, 4) is 0 Å². The van der Waals surface area contributed by atoms with E-state index in [0.717, 1.165) is 0 Å². The molecule has 0 saturated carbocycles. The molecule has 0 N–H and O–H groups in total. The van der Waals surface area contributed by atoms with Gasteiger partial charge in [-0.05, 0) is 20.3 Å². The molecule has 1 aliphatic heterocycles.